The van der Waals surface area contributed by atoms with Gasteiger partial charge < -0.3 is 14.4 Å². The highest BCUT2D eigenvalue weighted by Gasteiger charge is 2.15. The average Bonchev–Trinajstić information content (AvgIpc) is 3.39. The van der Waals surface area contributed by atoms with Gasteiger partial charge in [-0.1, -0.05) is 42.5 Å². The summed E-state index contributed by atoms with van der Waals surface area (Å²) < 4.78 is 60.6. The van der Waals surface area contributed by atoms with Crippen molar-refractivity contribution in [3.05, 3.63) is 120 Å². The van der Waals surface area contributed by atoms with Crippen LogP contribution in [0.5, 0.6) is 11.5 Å². The molecule has 0 amide bonds. The number of rotatable bonds is 10. The molecule has 2 N–H and O–H groups in total. The summed E-state index contributed by atoms with van der Waals surface area (Å²) in [5.74, 6) is -1.25. The van der Waals surface area contributed by atoms with E-state index in [1.807, 2.05) is 60.0 Å². The number of nitrogens with one attached hydrogen (secondary N) is 1. The number of anilines is 1. The second kappa shape index (κ2) is 12.5. The minimum atomic E-state index is -3.65. The first kappa shape index (κ1) is 30.2. The van der Waals surface area contributed by atoms with Crippen LogP contribution in [0.1, 0.15) is 28.7 Å². The highest BCUT2D eigenvalue weighted by molar-refractivity contribution is 7.92. The SMILES string of the molecule is CCn1cc(-c2ccc(F)cc2F)nc1/C=C/c1ccc(-c2ccc(Oc3ccc(NS(C)(=O)=O)c(C(=O)O)c3)cc2)cc1. The molecule has 44 heavy (non-hydrogen) atoms. The largest absolute Gasteiger partial charge is 0.478 e. The highest BCUT2D eigenvalue weighted by Crippen LogP contribution is 2.30. The molecule has 0 fully saturated rings. The maximum Gasteiger partial charge on any atom is 0.337 e. The molecule has 0 saturated heterocycles. The normalized spacial score (nSPS) is 11.5. The number of benzene rings is 4. The van der Waals surface area contributed by atoms with E-state index in [4.69, 9.17) is 4.74 Å². The molecule has 224 valence electrons. The van der Waals surface area contributed by atoms with Crippen molar-refractivity contribution in [2.24, 2.45) is 0 Å². The Balaban J connectivity index is 1.28. The number of ether oxygens (including phenoxy) is 1. The monoisotopic (exact) mass is 615 g/mol. The first-order valence-corrected chi connectivity index (χ1v) is 15.3. The summed E-state index contributed by atoms with van der Waals surface area (Å²) in [6, 6.07) is 22.6. The molecule has 4 aromatic carbocycles. The molecule has 8 nitrogen and oxygen atoms in total. The Hall–Kier alpha value is -5.29. The molecule has 0 aliphatic rings. The Morgan fingerprint density at radius 1 is 0.932 bits per heavy atom. The lowest BCUT2D eigenvalue weighted by atomic mass is 10.0. The Labute approximate surface area is 253 Å². The van der Waals surface area contributed by atoms with Gasteiger partial charge in [0.25, 0.3) is 0 Å². The maximum atomic E-state index is 14.3. The number of aromatic carboxylic acids is 1. The van der Waals surface area contributed by atoms with E-state index in [0.717, 1.165) is 29.0 Å². The van der Waals surface area contributed by atoms with E-state index in [1.54, 1.807) is 18.3 Å². The van der Waals surface area contributed by atoms with Gasteiger partial charge in [0, 0.05) is 24.4 Å². The van der Waals surface area contributed by atoms with Crippen molar-refractivity contribution in [2.45, 2.75) is 13.5 Å². The number of hydrogen-bond acceptors (Lipinski definition) is 5. The van der Waals surface area contributed by atoms with Crippen LogP contribution >= 0.6 is 0 Å². The summed E-state index contributed by atoms with van der Waals surface area (Å²) in [6.45, 7) is 2.58. The number of imidazole rings is 1. The minimum Gasteiger partial charge on any atom is -0.478 e. The van der Waals surface area contributed by atoms with Crippen molar-refractivity contribution in [1.29, 1.82) is 0 Å². The smallest absolute Gasteiger partial charge is 0.337 e. The van der Waals surface area contributed by atoms with Gasteiger partial charge >= 0.3 is 5.97 Å². The van der Waals surface area contributed by atoms with Crippen LogP contribution in [-0.4, -0.2) is 35.3 Å². The molecule has 0 spiro atoms. The molecule has 5 rings (SSSR count). The van der Waals surface area contributed by atoms with E-state index in [2.05, 4.69) is 9.71 Å². The second-order valence-electron chi connectivity index (χ2n) is 9.86. The fourth-order valence-corrected chi connectivity index (χ4v) is 5.08. The first-order valence-electron chi connectivity index (χ1n) is 13.4. The van der Waals surface area contributed by atoms with Crippen molar-refractivity contribution >= 4 is 33.8 Å². The van der Waals surface area contributed by atoms with Crippen molar-refractivity contribution in [1.82, 2.24) is 9.55 Å². The molecule has 0 saturated carbocycles. The molecule has 5 aromatic rings. The number of halogens is 2. The zero-order valence-corrected chi connectivity index (χ0v) is 24.5. The predicted molar refractivity (Wildman–Crippen MR) is 166 cm³/mol. The van der Waals surface area contributed by atoms with E-state index in [1.165, 1.54) is 30.3 Å². The predicted octanol–water partition coefficient (Wildman–Crippen LogP) is 7.55. The molecule has 0 atom stereocenters. The van der Waals surface area contributed by atoms with Gasteiger partial charge in [0.2, 0.25) is 10.0 Å². The van der Waals surface area contributed by atoms with Crippen LogP contribution < -0.4 is 9.46 Å². The fourth-order valence-electron chi connectivity index (χ4n) is 4.50. The van der Waals surface area contributed by atoms with Gasteiger partial charge in [-0.2, -0.15) is 0 Å². The van der Waals surface area contributed by atoms with E-state index in [9.17, 15) is 27.1 Å². The van der Waals surface area contributed by atoms with Crippen LogP contribution in [0.3, 0.4) is 0 Å². The highest BCUT2D eigenvalue weighted by atomic mass is 32.2. The Morgan fingerprint density at radius 2 is 1.59 bits per heavy atom. The molecule has 0 aliphatic carbocycles. The molecule has 0 radical (unpaired) electrons. The van der Waals surface area contributed by atoms with Gasteiger partial charge in [0.05, 0.1) is 23.2 Å². The number of sulfonamides is 1. The van der Waals surface area contributed by atoms with Gasteiger partial charge in [-0.3, -0.25) is 4.72 Å². The molecule has 1 heterocycles. The number of aromatic nitrogens is 2. The third-order valence-electron chi connectivity index (χ3n) is 6.63. The number of carboxylic acids is 1. The van der Waals surface area contributed by atoms with Crippen LogP contribution in [0.2, 0.25) is 0 Å². The van der Waals surface area contributed by atoms with Gasteiger partial charge in [-0.25, -0.2) is 27.0 Å². The van der Waals surface area contributed by atoms with Crippen LogP contribution in [-0.2, 0) is 16.6 Å². The van der Waals surface area contributed by atoms with Crippen LogP contribution in [0.15, 0.2) is 91.1 Å². The summed E-state index contributed by atoms with van der Waals surface area (Å²) in [6.07, 6.45) is 6.43. The number of aryl methyl sites for hydroxylation is 1. The molecule has 0 unspecified atom stereocenters. The number of carbonyl (C=O) groups is 1. The number of nitrogens with zero attached hydrogens (tertiary/aromatic N) is 2. The van der Waals surface area contributed by atoms with Gasteiger partial charge in [-0.15, -0.1) is 0 Å². The molecule has 11 heteroatoms. The number of carboxylic acid groups (broad SMARTS) is 1. The van der Waals surface area contributed by atoms with E-state index in [0.29, 0.717) is 23.8 Å². The van der Waals surface area contributed by atoms with Crippen molar-refractivity contribution in [3.8, 4) is 33.9 Å². The number of hydrogen-bond donors (Lipinski definition) is 2. The average molecular weight is 616 g/mol. The summed E-state index contributed by atoms with van der Waals surface area (Å²) in [7, 11) is -3.65. The van der Waals surface area contributed by atoms with E-state index < -0.39 is 27.6 Å². The third kappa shape index (κ3) is 7.19. The quantitative estimate of drug-likeness (QED) is 0.168. The molecule has 0 bridgehead atoms. The maximum absolute atomic E-state index is 14.3. The van der Waals surface area contributed by atoms with E-state index in [-0.39, 0.29) is 22.6 Å². The minimum absolute atomic E-state index is 0.0540. The topological polar surface area (TPSA) is 111 Å². The van der Waals surface area contributed by atoms with Gasteiger partial charge in [0.1, 0.15) is 29.0 Å². The zero-order valence-electron chi connectivity index (χ0n) is 23.7. The Kier molecular flexibility index (Phi) is 8.59. The zero-order chi connectivity index (χ0) is 31.4. The molecule has 1 aromatic heterocycles. The fraction of sp³-hybridized carbons (Fsp3) is 0.0909. The first-order chi connectivity index (χ1) is 21.0. The van der Waals surface area contributed by atoms with E-state index >= 15 is 0 Å². The lowest BCUT2D eigenvalue weighted by Gasteiger charge is -2.11. The lowest BCUT2D eigenvalue weighted by Crippen LogP contribution is -2.13. The van der Waals surface area contributed by atoms with Crippen LogP contribution in [0.25, 0.3) is 34.5 Å². The van der Waals surface area contributed by atoms with Crippen molar-refractivity contribution in [3.63, 3.8) is 0 Å². The second-order valence-corrected chi connectivity index (χ2v) is 11.6. The summed E-state index contributed by atoms with van der Waals surface area (Å²) in [4.78, 5) is 16.2. The van der Waals surface area contributed by atoms with Crippen LogP contribution in [0, 0.1) is 11.6 Å². The third-order valence-corrected chi connectivity index (χ3v) is 7.22. The summed E-state index contributed by atoms with van der Waals surface area (Å²) in [5.41, 5.74) is 3.19. The summed E-state index contributed by atoms with van der Waals surface area (Å²) in [5, 5.41) is 9.49. The van der Waals surface area contributed by atoms with Gasteiger partial charge in [0.15, 0.2) is 0 Å². The standard InChI is InChI=1S/C33H27F2N3O5S/c1-3-38-20-31(27-15-11-24(34)18-29(27)35)36-32(38)17-6-21-4-7-22(8-5-21)23-9-12-25(13-10-23)43-26-14-16-30(37-44(2,41)42)28(19-26)33(39)40/h4-20,37H,3H2,1-2H3,(H,39,40)/b17-6+. The molecule has 0 aliphatic heterocycles. The van der Waals surface area contributed by atoms with Crippen molar-refractivity contribution in [2.75, 3.05) is 11.0 Å². The summed E-state index contributed by atoms with van der Waals surface area (Å²) >= 11 is 0. The van der Waals surface area contributed by atoms with Crippen molar-refractivity contribution < 1.29 is 31.8 Å². The molecular formula is C33H27F2N3O5S. The van der Waals surface area contributed by atoms with Gasteiger partial charge in [-0.05, 0) is 72.2 Å². The molecular weight excluding hydrogens is 588 g/mol. The Morgan fingerprint density at radius 3 is 2.20 bits per heavy atom. The Bertz CT molecular complexity index is 1970. The lowest BCUT2D eigenvalue weighted by molar-refractivity contribution is 0.0697. The van der Waals surface area contributed by atoms with Crippen LogP contribution in [0.4, 0.5) is 14.5 Å².